The van der Waals surface area contributed by atoms with Crippen LogP contribution in [0.4, 0.5) is 4.39 Å². The highest BCUT2D eigenvalue weighted by atomic mass is 19.1. The average Bonchev–Trinajstić information content (AvgIpc) is 2.29. The van der Waals surface area contributed by atoms with Crippen LogP contribution < -0.4 is 5.73 Å². The van der Waals surface area contributed by atoms with Crippen molar-refractivity contribution in [1.82, 2.24) is 4.90 Å². The number of rotatable bonds is 5. The van der Waals surface area contributed by atoms with Gasteiger partial charge in [0.05, 0.1) is 0 Å². The molecular weight excluding hydrogens is 203 g/mol. The van der Waals surface area contributed by atoms with E-state index < -0.39 is 0 Å². The van der Waals surface area contributed by atoms with Crippen LogP contribution in [-0.4, -0.2) is 24.5 Å². The topological polar surface area (TPSA) is 29.3 Å². The molecule has 2 nitrogen and oxygen atoms in total. The lowest BCUT2D eigenvalue weighted by Crippen LogP contribution is -2.33. The van der Waals surface area contributed by atoms with E-state index in [9.17, 15) is 4.39 Å². The van der Waals surface area contributed by atoms with Gasteiger partial charge in [0.1, 0.15) is 5.82 Å². The van der Waals surface area contributed by atoms with Crippen molar-refractivity contribution in [2.75, 3.05) is 19.6 Å². The molecule has 0 saturated carbocycles. The number of benzene rings is 1. The summed E-state index contributed by atoms with van der Waals surface area (Å²) in [5, 5.41) is 0. The van der Waals surface area contributed by atoms with E-state index in [2.05, 4.69) is 18.7 Å². The third kappa shape index (κ3) is 2.80. The number of likely N-dealkylation sites (N-methyl/N-ethyl adjacent to an activating group) is 1. The highest BCUT2D eigenvalue weighted by molar-refractivity contribution is 5.26. The number of halogens is 1. The number of nitrogens with two attached hydrogens (primary N) is 1. The van der Waals surface area contributed by atoms with E-state index in [0.29, 0.717) is 12.1 Å². The van der Waals surface area contributed by atoms with Gasteiger partial charge < -0.3 is 5.73 Å². The molecule has 1 rings (SSSR count). The minimum absolute atomic E-state index is 0.116. The molecule has 0 aliphatic heterocycles. The third-order valence-electron chi connectivity index (χ3n) is 3.06. The van der Waals surface area contributed by atoms with Gasteiger partial charge in [-0.1, -0.05) is 26.0 Å². The zero-order valence-corrected chi connectivity index (χ0v) is 10.3. The largest absolute Gasteiger partial charge is 0.329 e. The van der Waals surface area contributed by atoms with Crippen LogP contribution in [0.15, 0.2) is 18.2 Å². The second kappa shape index (κ2) is 5.97. The fourth-order valence-corrected chi connectivity index (χ4v) is 1.98. The molecule has 0 aliphatic carbocycles. The standard InChI is InChI=1S/C13H21FN2/c1-4-16(5-2)13(9-15)11-7-6-10(3)12(14)8-11/h6-8,13H,4-5,9,15H2,1-3H3. The molecule has 0 bridgehead atoms. The lowest BCUT2D eigenvalue weighted by molar-refractivity contribution is 0.223. The van der Waals surface area contributed by atoms with E-state index in [0.717, 1.165) is 18.7 Å². The molecule has 0 radical (unpaired) electrons. The van der Waals surface area contributed by atoms with Crippen molar-refractivity contribution in [3.63, 3.8) is 0 Å². The molecule has 1 atom stereocenters. The molecular formula is C13H21FN2. The van der Waals surface area contributed by atoms with Crippen molar-refractivity contribution < 1.29 is 4.39 Å². The first-order valence-electron chi connectivity index (χ1n) is 5.84. The molecule has 0 aliphatic rings. The van der Waals surface area contributed by atoms with Crippen LogP contribution in [-0.2, 0) is 0 Å². The Morgan fingerprint density at radius 1 is 1.31 bits per heavy atom. The molecule has 1 aromatic rings. The summed E-state index contributed by atoms with van der Waals surface area (Å²) in [6.45, 7) is 8.33. The summed E-state index contributed by atoms with van der Waals surface area (Å²) >= 11 is 0. The summed E-state index contributed by atoms with van der Waals surface area (Å²) in [6, 6.07) is 5.50. The molecule has 1 aromatic carbocycles. The van der Waals surface area contributed by atoms with Gasteiger partial charge in [-0.3, -0.25) is 4.90 Å². The van der Waals surface area contributed by atoms with E-state index in [1.54, 1.807) is 13.0 Å². The Morgan fingerprint density at radius 3 is 2.38 bits per heavy atom. The SMILES string of the molecule is CCN(CC)C(CN)c1ccc(C)c(F)c1. The fourth-order valence-electron chi connectivity index (χ4n) is 1.98. The molecule has 0 spiro atoms. The Kier molecular flexibility index (Phi) is 4.90. The van der Waals surface area contributed by atoms with E-state index in [1.165, 1.54) is 0 Å². The number of aryl methyl sites for hydroxylation is 1. The normalized spacial score (nSPS) is 13.1. The quantitative estimate of drug-likeness (QED) is 0.832. The van der Waals surface area contributed by atoms with Crippen LogP contribution in [0.3, 0.4) is 0 Å². The Bertz CT molecular complexity index is 335. The molecule has 2 N–H and O–H groups in total. The van der Waals surface area contributed by atoms with Gasteiger partial charge in [0, 0.05) is 12.6 Å². The van der Waals surface area contributed by atoms with Gasteiger partial charge >= 0.3 is 0 Å². The highest BCUT2D eigenvalue weighted by Crippen LogP contribution is 2.21. The van der Waals surface area contributed by atoms with Gasteiger partial charge in [-0.05, 0) is 37.2 Å². The predicted octanol–water partition coefficient (Wildman–Crippen LogP) is 2.48. The lowest BCUT2D eigenvalue weighted by atomic mass is 10.0. The zero-order chi connectivity index (χ0) is 12.1. The van der Waals surface area contributed by atoms with Crippen LogP contribution in [0.25, 0.3) is 0 Å². The Labute approximate surface area is 97.3 Å². The summed E-state index contributed by atoms with van der Waals surface area (Å²) in [5.74, 6) is -0.150. The predicted molar refractivity (Wildman–Crippen MR) is 65.9 cm³/mol. The first kappa shape index (κ1) is 13.1. The minimum Gasteiger partial charge on any atom is -0.329 e. The fraction of sp³-hybridized carbons (Fsp3) is 0.538. The van der Waals surface area contributed by atoms with E-state index >= 15 is 0 Å². The highest BCUT2D eigenvalue weighted by Gasteiger charge is 2.16. The number of nitrogens with zero attached hydrogens (tertiary/aromatic N) is 1. The van der Waals surface area contributed by atoms with E-state index in [-0.39, 0.29) is 11.9 Å². The Hall–Kier alpha value is -0.930. The summed E-state index contributed by atoms with van der Waals surface area (Å²) in [7, 11) is 0. The maximum Gasteiger partial charge on any atom is 0.126 e. The van der Waals surface area contributed by atoms with Crippen molar-refractivity contribution in [3.05, 3.63) is 35.1 Å². The molecule has 90 valence electrons. The van der Waals surface area contributed by atoms with Crippen LogP contribution >= 0.6 is 0 Å². The molecule has 0 amide bonds. The molecule has 16 heavy (non-hydrogen) atoms. The second-order valence-electron chi connectivity index (χ2n) is 3.98. The van der Waals surface area contributed by atoms with Gasteiger partial charge in [-0.2, -0.15) is 0 Å². The van der Waals surface area contributed by atoms with E-state index in [1.807, 2.05) is 12.1 Å². The minimum atomic E-state index is -0.150. The third-order valence-corrected chi connectivity index (χ3v) is 3.06. The van der Waals surface area contributed by atoms with Gasteiger partial charge in [0.2, 0.25) is 0 Å². The van der Waals surface area contributed by atoms with Crippen LogP contribution in [0.2, 0.25) is 0 Å². The maximum atomic E-state index is 13.5. The van der Waals surface area contributed by atoms with E-state index in [4.69, 9.17) is 5.73 Å². The summed E-state index contributed by atoms with van der Waals surface area (Å²) in [4.78, 5) is 2.24. The first-order chi connectivity index (χ1) is 7.63. The van der Waals surface area contributed by atoms with Crippen molar-refractivity contribution in [2.24, 2.45) is 5.73 Å². The van der Waals surface area contributed by atoms with Gasteiger partial charge in [0.25, 0.3) is 0 Å². The molecule has 1 unspecified atom stereocenters. The zero-order valence-electron chi connectivity index (χ0n) is 10.3. The van der Waals surface area contributed by atoms with Gasteiger partial charge in [-0.15, -0.1) is 0 Å². The van der Waals surface area contributed by atoms with Crippen molar-refractivity contribution in [2.45, 2.75) is 26.8 Å². The second-order valence-corrected chi connectivity index (χ2v) is 3.98. The number of hydrogen-bond donors (Lipinski definition) is 1. The lowest BCUT2D eigenvalue weighted by Gasteiger charge is -2.29. The Morgan fingerprint density at radius 2 is 1.94 bits per heavy atom. The molecule has 0 fully saturated rings. The van der Waals surface area contributed by atoms with Gasteiger partial charge in [0.15, 0.2) is 0 Å². The monoisotopic (exact) mass is 224 g/mol. The summed E-state index contributed by atoms with van der Waals surface area (Å²) in [5.41, 5.74) is 7.43. The van der Waals surface area contributed by atoms with Crippen LogP contribution in [0, 0.1) is 12.7 Å². The van der Waals surface area contributed by atoms with Crippen molar-refractivity contribution >= 4 is 0 Å². The maximum absolute atomic E-state index is 13.5. The summed E-state index contributed by atoms with van der Waals surface area (Å²) < 4.78 is 13.5. The smallest absolute Gasteiger partial charge is 0.126 e. The molecule has 0 aromatic heterocycles. The first-order valence-corrected chi connectivity index (χ1v) is 5.84. The molecule has 0 saturated heterocycles. The van der Waals surface area contributed by atoms with Crippen molar-refractivity contribution in [1.29, 1.82) is 0 Å². The Balaban J connectivity index is 2.98. The van der Waals surface area contributed by atoms with Crippen LogP contribution in [0.5, 0.6) is 0 Å². The average molecular weight is 224 g/mol. The molecule has 3 heteroatoms. The van der Waals surface area contributed by atoms with Gasteiger partial charge in [-0.25, -0.2) is 4.39 Å². The van der Waals surface area contributed by atoms with Crippen LogP contribution in [0.1, 0.15) is 31.0 Å². The van der Waals surface area contributed by atoms with Crippen molar-refractivity contribution in [3.8, 4) is 0 Å². The summed E-state index contributed by atoms with van der Waals surface area (Å²) in [6.07, 6.45) is 0. The molecule has 0 heterocycles. The number of hydrogen-bond acceptors (Lipinski definition) is 2.